The fraction of sp³-hybridized carbons (Fsp3) is 0.500. The Morgan fingerprint density at radius 3 is 2.88 bits per heavy atom. The van der Waals surface area contributed by atoms with Crippen LogP contribution in [0.25, 0.3) is 0 Å². The number of carboxylic acids is 1. The maximum Gasteiger partial charge on any atom is 0.374 e. The normalized spacial score (nSPS) is 20.1. The lowest BCUT2D eigenvalue weighted by Crippen LogP contribution is -2.28. The van der Waals surface area contributed by atoms with Gasteiger partial charge < -0.3 is 14.5 Å². The van der Waals surface area contributed by atoms with E-state index in [1.165, 1.54) is 0 Å². The molecule has 86 valence electrons. The van der Waals surface area contributed by atoms with Gasteiger partial charge in [-0.2, -0.15) is 0 Å². The van der Waals surface area contributed by atoms with Gasteiger partial charge in [-0.15, -0.1) is 0 Å². The molecule has 1 saturated heterocycles. The Morgan fingerprint density at radius 1 is 1.62 bits per heavy atom. The van der Waals surface area contributed by atoms with Crippen LogP contribution >= 0.6 is 0 Å². The zero-order chi connectivity index (χ0) is 11.7. The standard InChI is InChI=1S/C10H12N2O4/c1-6-2-3-12(5-6)9(13)7-4-8(10(14)15)16-11-7/h4,6H,2-3,5H2,1H3,(H,14,15). The van der Waals surface area contributed by atoms with Gasteiger partial charge in [-0.05, 0) is 12.3 Å². The summed E-state index contributed by atoms with van der Waals surface area (Å²) in [6.07, 6.45) is 0.968. The van der Waals surface area contributed by atoms with Gasteiger partial charge in [0.2, 0.25) is 5.76 Å². The first-order valence-electron chi connectivity index (χ1n) is 5.07. The molecule has 6 nitrogen and oxygen atoms in total. The molecule has 1 atom stereocenters. The highest BCUT2D eigenvalue weighted by molar-refractivity contribution is 5.94. The van der Waals surface area contributed by atoms with E-state index in [2.05, 4.69) is 16.6 Å². The molecule has 1 N–H and O–H groups in total. The summed E-state index contributed by atoms with van der Waals surface area (Å²) in [5.74, 6) is -1.31. The zero-order valence-corrected chi connectivity index (χ0v) is 8.84. The third kappa shape index (κ3) is 1.91. The molecule has 1 aliphatic heterocycles. The van der Waals surface area contributed by atoms with Gasteiger partial charge in [0.25, 0.3) is 5.91 Å². The minimum absolute atomic E-state index is 0.0616. The van der Waals surface area contributed by atoms with Crippen molar-refractivity contribution in [2.45, 2.75) is 13.3 Å². The maximum atomic E-state index is 11.8. The van der Waals surface area contributed by atoms with E-state index in [9.17, 15) is 9.59 Å². The van der Waals surface area contributed by atoms with E-state index >= 15 is 0 Å². The molecule has 16 heavy (non-hydrogen) atoms. The first-order valence-corrected chi connectivity index (χ1v) is 5.07. The number of carbonyl (C=O) groups is 2. The van der Waals surface area contributed by atoms with Crippen LogP contribution in [0.3, 0.4) is 0 Å². The summed E-state index contributed by atoms with van der Waals surface area (Å²) in [6.45, 7) is 3.45. The molecule has 0 bridgehead atoms. The summed E-state index contributed by atoms with van der Waals surface area (Å²) in [4.78, 5) is 24.1. The monoisotopic (exact) mass is 224 g/mol. The number of amides is 1. The number of aromatic nitrogens is 1. The van der Waals surface area contributed by atoms with Gasteiger partial charge in [0, 0.05) is 19.2 Å². The van der Waals surface area contributed by atoms with E-state index < -0.39 is 5.97 Å². The molecule has 1 aromatic heterocycles. The Labute approximate surface area is 91.8 Å². The highest BCUT2D eigenvalue weighted by atomic mass is 16.5. The molecular formula is C10H12N2O4. The van der Waals surface area contributed by atoms with Crippen molar-refractivity contribution in [2.75, 3.05) is 13.1 Å². The molecule has 1 aliphatic rings. The van der Waals surface area contributed by atoms with Gasteiger partial charge in [0.1, 0.15) is 0 Å². The van der Waals surface area contributed by atoms with Gasteiger partial charge in [-0.3, -0.25) is 4.79 Å². The second-order valence-electron chi connectivity index (χ2n) is 4.03. The molecular weight excluding hydrogens is 212 g/mol. The molecule has 1 unspecified atom stereocenters. The van der Waals surface area contributed by atoms with Crippen molar-refractivity contribution in [1.82, 2.24) is 10.1 Å². The van der Waals surface area contributed by atoms with Gasteiger partial charge in [0.15, 0.2) is 5.69 Å². The van der Waals surface area contributed by atoms with Gasteiger partial charge in [-0.25, -0.2) is 4.79 Å². The number of carbonyl (C=O) groups excluding carboxylic acids is 1. The largest absolute Gasteiger partial charge is 0.475 e. The van der Waals surface area contributed by atoms with Crippen LogP contribution in [-0.4, -0.2) is 40.1 Å². The van der Waals surface area contributed by atoms with E-state index in [1.54, 1.807) is 4.90 Å². The summed E-state index contributed by atoms with van der Waals surface area (Å²) < 4.78 is 4.54. The number of hydrogen-bond donors (Lipinski definition) is 1. The zero-order valence-electron chi connectivity index (χ0n) is 8.84. The van der Waals surface area contributed by atoms with Crippen LogP contribution < -0.4 is 0 Å². The Hall–Kier alpha value is -1.85. The predicted octanol–water partition coefficient (Wildman–Crippen LogP) is 0.855. The fourth-order valence-electron chi connectivity index (χ4n) is 1.76. The number of aromatic carboxylic acids is 1. The third-order valence-electron chi connectivity index (χ3n) is 2.65. The number of hydrogen-bond acceptors (Lipinski definition) is 4. The Kier molecular flexibility index (Phi) is 2.64. The Bertz CT molecular complexity index is 426. The van der Waals surface area contributed by atoms with Crippen molar-refractivity contribution < 1.29 is 19.2 Å². The quantitative estimate of drug-likeness (QED) is 0.805. The summed E-state index contributed by atoms with van der Waals surface area (Å²) in [5.41, 5.74) is 0.0616. The van der Waals surface area contributed by atoms with Crippen LogP contribution in [0.5, 0.6) is 0 Å². The average molecular weight is 224 g/mol. The van der Waals surface area contributed by atoms with Crippen molar-refractivity contribution >= 4 is 11.9 Å². The van der Waals surface area contributed by atoms with E-state index in [4.69, 9.17) is 5.11 Å². The lowest BCUT2D eigenvalue weighted by Gasteiger charge is -2.13. The van der Waals surface area contributed by atoms with Crippen LogP contribution in [0.2, 0.25) is 0 Å². The van der Waals surface area contributed by atoms with E-state index in [1.807, 2.05) is 0 Å². The highest BCUT2D eigenvalue weighted by Gasteiger charge is 2.27. The van der Waals surface area contributed by atoms with Crippen molar-refractivity contribution in [1.29, 1.82) is 0 Å². The molecule has 1 amide bonds. The lowest BCUT2D eigenvalue weighted by molar-refractivity contribution is 0.0649. The van der Waals surface area contributed by atoms with Crippen molar-refractivity contribution in [3.8, 4) is 0 Å². The first kappa shape index (κ1) is 10.7. The molecule has 0 spiro atoms. The Morgan fingerprint density at radius 2 is 2.38 bits per heavy atom. The fourth-order valence-corrected chi connectivity index (χ4v) is 1.76. The second kappa shape index (κ2) is 3.96. The molecule has 6 heteroatoms. The van der Waals surface area contributed by atoms with Crippen molar-refractivity contribution in [3.63, 3.8) is 0 Å². The summed E-state index contributed by atoms with van der Waals surface area (Å²) in [7, 11) is 0. The maximum absolute atomic E-state index is 11.8. The van der Waals surface area contributed by atoms with E-state index in [-0.39, 0.29) is 17.4 Å². The van der Waals surface area contributed by atoms with E-state index in [0.29, 0.717) is 19.0 Å². The summed E-state index contributed by atoms with van der Waals surface area (Å²) >= 11 is 0. The number of likely N-dealkylation sites (tertiary alicyclic amines) is 1. The summed E-state index contributed by atoms with van der Waals surface area (Å²) in [5, 5.41) is 12.1. The first-order chi connectivity index (χ1) is 7.58. The molecule has 1 aromatic rings. The molecule has 2 heterocycles. The molecule has 0 radical (unpaired) electrons. The number of rotatable bonds is 2. The minimum atomic E-state index is -1.22. The third-order valence-corrected chi connectivity index (χ3v) is 2.65. The number of nitrogens with zero attached hydrogens (tertiary/aromatic N) is 2. The summed E-state index contributed by atoms with van der Waals surface area (Å²) in [6, 6.07) is 1.16. The molecule has 2 rings (SSSR count). The molecule has 0 saturated carbocycles. The van der Waals surface area contributed by atoms with Crippen LogP contribution in [0.4, 0.5) is 0 Å². The van der Waals surface area contributed by atoms with Crippen molar-refractivity contribution in [2.24, 2.45) is 5.92 Å². The van der Waals surface area contributed by atoms with Crippen LogP contribution in [-0.2, 0) is 0 Å². The minimum Gasteiger partial charge on any atom is -0.475 e. The van der Waals surface area contributed by atoms with Crippen LogP contribution in [0.15, 0.2) is 10.6 Å². The molecule has 0 aliphatic carbocycles. The lowest BCUT2D eigenvalue weighted by atomic mass is 10.2. The smallest absolute Gasteiger partial charge is 0.374 e. The van der Waals surface area contributed by atoms with Gasteiger partial charge >= 0.3 is 5.97 Å². The topological polar surface area (TPSA) is 83.6 Å². The Balaban J connectivity index is 2.11. The van der Waals surface area contributed by atoms with Crippen molar-refractivity contribution in [3.05, 3.63) is 17.5 Å². The van der Waals surface area contributed by atoms with E-state index in [0.717, 1.165) is 12.5 Å². The predicted molar refractivity (Wildman–Crippen MR) is 53.1 cm³/mol. The van der Waals surface area contributed by atoms with Crippen LogP contribution in [0.1, 0.15) is 34.4 Å². The molecule has 1 fully saturated rings. The number of carboxylic acid groups (broad SMARTS) is 1. The SMILES string of the molecule is CC1CCN(C(=O)c2cc(C(=O)O)on2)C1. The second-order valence-corrected chi connectivity index (χ2v) is 4.03. The molecule has 0 aromatic carbocycles. The average Bonchev–Trinajstić information content (AvgIpc) is 2.84. The van der Waals surface area contributed by atoms with Gasteiger partial charge in [0.05, 0.1) is 0 Å². The van der Waals surface area contributed by atoms with Crippen LogP contribution in [0, 0.1) is 5.92 Å². The highest BCUT2D eigenvalue weighted by Crippen LogP contribution is 2.17. The van der Waals surface area contributed by atoms with Gasteiger partial charge in [-0.1, -0.05) is 12.1 Å².